The monoisotopic (exact) mass is 339 g/mol. The average molecular weight is 341 g/mol. The van der Waals surface area contributed by atoms with Crippen molar-refractivity contribution in [2.45, 2.75) is 6.61 Å². The molecule has 0 spiro atoms. The highest BCUT2D eigenvalue weighted by atomic mass is 35.5. The van der Waals surface area contributed by atoms with Crippen LogP contribution in [0.1, 0.15) is 11.1 Å². The predicted molar refractivity (Wildman–Crippen MR) is 88.2 cm³/mol. The SMILES string of the molecule is NCC#Cc1ccc(COc2c(Cl)cc(Cl)cc2Cl)cc1. The van der Waals surface area contributed by atoms with Crippen molar-refractivity contribution >= 4 is 34.8 Å². The zero-order chi connectivity index (χ0) is 15.2. The lowest BCUT2D eigenvalue weighted by atomic mass is 10.1. The minimum absolute atomic E-state index is 0.346. The Bertz CT molecular complexity index is 664. The van der Waals surface area contributed by atoms with E-state index in [1.807, 2.05) is 24.3 Å². The maximum Gasteiger partial charge on any atom is 0.157 e. The molecule has 108 valence electrons. The van der Waals surface area contributed by atoms with Gasteiger partial charge in [0, 0.05) is 10.6 Å². The van der Waals surface area contributed by atoms with E-state index < -0.39 is 0 Å². The molecule has 2 aromatic rings. The summed E-state index contributed by atoms with van der Waals surface area (Å²) in [4.78, 5) is 0. The first-order chi connectivity index (χ1) is 10.1. The molecule has 0 aromatic heterocycles. The average Bonchev–Trinajstić information content (AvgIpc) is 2.45. The summed E-state index contributed by atoms with van der Waals surface area (Å²) >= 11 is 18.0. The van der Waals surface area contributed by atoms with Crippen molar-refractivity contribution in [2.24, 2.45) is 5.73 Å². The third-order valence-corrected chi connectivity index (χ3v) is 3.41. The van der Waals surface area contributed by atoms with E-state index in [2.05, 4.69) is 11.8 Å². The van der Waals surface area contributed by atoms with E-state index in [0.717, 1.165) is 11.1 Å². The van der Waals surface area contributed by atoms with E-state index >= 15 is 0 Å². The Hall–Kier alpha value is -1.37. The van der Waals surface area contributed by atoms with Gasteiger partial charge in [0.1, 0.15) is 6.61 Å². The first kappa shape index (κ1) is 16.0. The molecule has 0 saturated heterocycles. The fourth-order valence-corrected chi connectivity index (χ4v) is 2.59. The Kier molecular flexibility index (Phi) is 5.78. The molecule has 0 heterocycles. The largest absolute Gasteiger partial charge is 0.486 e. The number of rotatable bonds is 3. The summed E-state index contributed by atoms with van der Waals surface area (Å²) in [6.07, 6.45) is 0. The summed E-state index contributed by atoms with van der Waals surface area (Å²) in [7, 11) is 0. The molecule has 0 bridgehead atoms. The molecule has 2 aromatic carbocycles. The minimum atomic E-state index is 0.346. The van der Waals surface area contributed by atoms with Crippen molar-refractivity contribution < 1.29 is 4.74 Å². The van der Waals surface area contributed by atoms with Gasteiger partial charge in [0.15, 0.2) is 5.75 Å². The van der Waals surface area contributed by atoms with E-state index in [-0.39, 0.29) is 0 Å². The van der Waals surface area contributed by atoms with Crippen LogP contribution in [0.25, 0.3) is 0 Å². The molecule has 2 N–H and O–H groups in total. The van der Waals surface area contributed by atoms with Crippen molar-refractivity contribution in [3.05, 3.63) is 62.6 Å². The molecule has 0 amide bonds. The van der Waals surface area contributed by atoms with Gasteiger partial charge in [-0.25, -0.2) is 0 Å². The Labute approximate surface area is 138 Å². The first-order valence-corrected chi connectivity index (χ1v) is 7.29. The Balaban J connectivity index is 2.07. The number of hydrogen-bond acceptors (Lipinski definition) is 2. The van der Waals surface area contributed by atoms with E-state index in [0.29, 0.717) is 34.0 Å². The van der Waals surface area contributed by atoms with Crippen LogP contribution in [0, 0.1) is 11.8 Å². The zero-order valence-corrected chi connectivity index (χ0v) is 13.3. The van der Waals surface area contributed by atoms with Gasteiger partial charge >= 0.3 is 0 Å². The van der Waals surface area contributed by atoms with Crippen LogP contribution in [-0.4, -0.2) is 6.54 Å². The third kappa shape index (κ3) is 4.56. The molecule has 0 aliphatic carbocycles. The van der Waals surface area contributed by atoms with Crippen LogP contribution in [0.15, 0.2) is 36.4 Å². The van der Waals surface area contributed by atoms with Gasteiger partial charge in [-0.15, -0.1) is 0 Å². The quantitative estimate of drug-likeness (QED) is 0.833. The molecule has 0 aliphatic rings. The van der Waals surface area contributed by atoms with Crippen LogP contribution in [0.2, 0.25) is 15.1 Å². The van der Waals surface area contributed by atoms with E-state index in [4.69, 9.17) is 45.3 Å². The molecule has 0 fully saturated rings. The molecule has 21 heavy (non-hydrogen) atoms. The standard InChI is InChI=1S/C16H12Cl3NO/c17-13-8-14(18)16(15(19)9-13)21-10-12-5-3-11(4-6-12)2-1-7-20/h3-6,8-9H,7,10,20H2. The lowest BCUT2D eigenvalue weighted by Gasteiger charge is -2.10. The van der Waals surface area contributed by atoms with Gasteiger partial charge in [0.25, 0.3) is 0 Å². The smallest absolute Gasteiger partial charge is 0.157 e. The summed E-state index contributed by atoms with van der Waals surface area (Å²) in [6.45, 7) is 0.699. The number of benzene rings is 2. The maximum atomic E-state index is 6.06. The molecule has 0 saturated carbocycles. The van der Waals surface area contributed by atoms with E-state index in [1.165, 1.54) is 0 Å². The summed E-state index contributed by atoms with van der Waals surface area (Å²) in [5, 5.41) is 1.25. The highest BCUT2D eigenvalue weighted by Crippen LogP contribution is 2.36. The second-order valence-electron chi connectivity index (χ2n) is 4.19. The van der Waals surface area contributed by atoms with Gasteiger partial charge in [-0.3, -0.25) is 0 Å². The number of halogens is 3. The molecule has 2 nitrogen and oxygen atoms in total. The van der Waals surface area contributed by atoms with Crippen molar-refractivity contribution in [3.8, 4) is 17.6 Å². The van der Waals surface area contributed by atoms with Crippen molar-refractivity contribution in [2.75, 3.05) is 6.54 Å². The third-order valence-electron chi connectivity index (χ3n) is 2.63. The predicted octanol–water partition coefficient (Wildman–Crippen LogP) is 4.54. The van der Waals surface area contributed by atoms with Crippen LogP contribution in [0.4, 0.5) is 0 Å². The maximum absolute atomic E-state index is 6.06. The minimum Gasteiger partial charge on any atom is -0.486 e. The van der Waals surface area contributed by atoms with Crippen LogP contribution >= 0.6 is 34.8 Å². The van der Waals surface area contributed by atoms with Gasteiger partial charge in [-0.1, -0.05) is 58.8 Å². The number of ether oxygens (including phenoxy) is 1. The second-order valence-corrected chi connectivity index (χ2v) is 5.44. The molecule has 0 atom stereocenters. The van der Waals surface area contributed by atoms with Crippen molar-refractivity contribution in [1.29, 1.82) is 0 Å². The van der Waals surface area contributed by atoms with Crippen LogP contribution in [0.5, 0.6) is 5.75 Å². The van der Waals surface area contributed by atoms with Gasteiger partial charge in [0.05, 0.1) is 16.6 Å². The Morgan fingerprint density at radius 3 is 2.19 bits per heavy atom. The molecule has 0 unspecified atom stereocenters. The van der Waals surface area contributed by atoms with Gasteiger partial charge < -0.3 is 10.5 Å². The Morgan fingerprint density at radius 1 is 1.00 bits per heavy atom. The molecule has 0 radical (unpaired) electrons. The van der Waals surface area contributed by atoms with Gasteiger partial charge in [-0.05, 0) is 29.8 Å². The lowest BCUT2D eigenvalue weighted by Crippen LogP contribution is -1.97. The normalized spacial score (nSPS) is 9.90. The number of hydrogen-bond donors (Lipinski definition) is 1. The fraction of sp³-hybridized carbons (Fsp3) is 0.125. The van der Waals surface area contributed by atoms with Crippen molar-refractivity contribution in [1.82, 2.24) is 0 Å². The van der Waals surface area contributed by atoms with Crippen molar-refractivity contribution in [3.63, 3.8) is 0 Å². The molecule has 5 heteroatoms. The first-order valence-electron chi connectivity index (χ1n) is 6.15. The molecule has 2 rings (SSSR count). The van der Waals surface area contributed by atoms with Gasteiger partial charge in [0.2, 0.25) is 0 Å². The topological polar surface area (TPSA) is 35.2 Å². The van der Waals surface area contributed by atoms with Crippen LogP contribution < -0.4 is 10.5 Å². The molecular formula is C16H12Cl3NO. The van der Waals surface area contributed by atoms with Crippen LogP contribution in [0.3, 0.4) is 0 Å². The van der Waals surface area contributed by atoms with E-state index in [9.17, 15) is 0 Å². The Morgan fingerprint density at radius 2 is 1.62 bits per heavy atom. The summed E-state index contributed by atoms with van der Waals surface area (Å²) in [5.41, 5.74) is 7.22. The highest BCUT2D eigenvalue weighted by Gasteiger charge is 2.09. The van der Waals surface area contributed by atoms with Gasteiger partial charge in [-0.2, -0.15) is 0 Å². The molecule has 0 aliphatic heterocycles. The summed E-state index contributed by atoms with van der Waals surface area (Å²) in [6, 6.07) is 10.9. The highest BCUT2D eigenvalue weighted by molar-refractivity contribution is 6.40. The van der Waals surface area contributed by atoms with E-state index in [1.54, 1.807) is 12.1 Å². The number of nitrogens with two attached hydrogens (primary N) is 1. The van der Waals surface area contributed by atoms with Crippen LogP contribution in [-0.2, 0) is 6.61 Å². The zero-order valence-electron chi connectivity index (χ0n) is 11.0. The lowest BCUT2D eigenvalue weighted by molar-refractivity contribution is 0.306. The second kappa shape index (κ2) is 7.59. The fourth-order valence-electron chi connectivity index (χ4n) is 1.66. The summed E-state index contributed by atoms with van der Waals surface area (Å²) in [5.74, 6) is 6.18. The molecular weight excluding hydrogens is 329 g/mol. The summed E-state index contributed by atoms with van der Waals surface area (Å²) < 4.78 is 5.65.